The van der Waals surface area contributed by atoms with E-state index in [-0.39, 0.29) is 0 Å². The maximum atomic E-state index is 13.7. The van der Waals surface area contributed by atoms with Crippen LogP contribution in [-0.2, 0) is 9.47 Å². The maximum Gasteiger partial charge on any atom is 0.338 e. The lowest BCUT2D eigenvalue weighted by molar-refractivity contribution is -0.103. The number of carbonyl (C=O) groups is 1. The number of hydrogen-bond acceptors (Lipinski definition) is 4. The zero-order chi connectivity index (χ0) is 16.4. The van der Waals surface area contributed by atoms with Gasteiger partial charge >= 0.3 is 5.97 Å². The summed E-state index contributed by atoms with van der Waals surface area (Å²) in [5.74, 6) is -0.677. The molecular weight excluding hydrogens is 299 g/mol. The molecule has 2 aromatic rings. The Hall–Kier alpha value is -2.24. The van der Waals surface area contributed by atoms with Crippen LogP contribution < -0.4 is 0 Å². The summed E-state index contributed by atoms with van der Waals surface area (Å²) in [7, 11) is 0. The van der Waals surface area contributed by atoms with Crippen LogP contribution in [0.4, 0.5) is 4.39 Å². The van der Waals surface area contributed by atoms with Crippen LogP contribution in [0.15, 0.2) is 54.6 Å². The van der Waals surface area contributed by atoms with E-state index in [4.69, 9.17) is 9.47 Å². The van der Waals surface area contributed by atoms with Gasteiger partial charge in [0, 0.05) is 0 Å². The summed E-state index contributed by atoms with van der Waals surface area (Å²) in [6.07, 6.45) is -5.57. The maximum absolute atomic E-state index is 13.7. The number of benzene rings is 2. The first-order valence-corrected chi connectivity index (χ1v) is 7.23. The van der Waals surface area contributed by atoms with E-state index in [9.17, 15) is 14.3 Å². The SMILES string of the molecule is [CH2][C@H]1OC(O)[C@@H](F)[C@@H]1OC(=O)c1ccc(-c2ccccc2)cc1. The fourth-order valence-corrected chi connectivity index (χ4v) is 2.46. The molecule has 0 saturated carbocycles. The molecule has 1 N–H and O–H groups in total. The van der Waals surface area contributed by atoms with Crippen molar-refractivity contribution in [3.63, 3.8) is 0 Å². The molecule has 1 radical (unpaired) electrons. The topological polar surface area (TPSA) is 55.8 Å². The molecule has 0 aromatic heterocycles. The number of aliphatic hydroxyl groups excluding tert-OH is 1. The number of esters is 1. The normalized spacial score (nSPS) is 26.9. The van der Waals surface area contributed by atoms with E-state index in [0.717, 1.165) is 11.1 Å². The van der Waals surface area contributed by atoms with Crippen molar-refractivity contribution in [2.45, 2.75) is 24.7 Å². The van der Waals surface area contributed by atoms with Crippen molar-refractivity contribution in [3.8, 4) is 11.1 Å². The highest BCUT2D eigenvalue weighted by atomic mass is 19.1. The van der Waals surface area contributed by atoms with Crippen molar-refractivity contribution < 1.29 is 23.8 Å². The van der Waals surface area contributed by atoms with Crippen LogP contribution in [0.25, 0.3) is 11.1 Å². The van der Waals surface area contributed by atoms with Crippen molar-refractivity contribution in [2.24, 2.45) is 0 Å². The molecule has 1 aliphatic rings. The highest BCUT2D eigenvalue weighted by molar-refractivity contribution is 5.90. The highest BCUT2D eigenvalue weighted by Gasteiger charge is 2.44. The van der Waals surface area contributed by atoms with Gasteiger partial charge in [0.1, 0.15) is 6.10 Å². The molecule has 0 spiro atoms. The molecule has 0 amide bonds. The summed E-state index contributed by atoms with van der Waals surface area (Å²) in [6, 6.07) is 16.5. The molecule has 4 nitrogen and oxygen atoms in total. The third-order valence-electron chi connectivity index (χ3n) is 3.74. The highest BCUT2D eigenvalue weighted by Crippen LogP contribution is 2.26. The molecule has 5 heteroatoms. The summed E-state index contributed by atoms with van der Waals surface area (Å²) in [6.45, 7) is 3.52. The van der Waals surface area contributed by atoms with Crippen LogP contribution in [0.2, 0.25) is 0 Å². The number of halogens is 1. The molecule has 2 aromatic carbocycles. The first-order chi connectivity index (χ1) is 11.1. The van der Waals surface area contributed by atoms with E-state index in [1.54, 1.807) is 24.3 Å². The molecule has 0 aliphatic carbocycles. The summed E-state index contributed by atoms with van der Waals surface area (Å²) < 4.78 is 23.6. The molecule has 1 aliphatic heterocycles. The summed E-state index contributed by atoms with van der Waals surface area (Å²) >= 11 is 0. The van der Waals surface area contributed by atoms with Gasteiger partial charge in [-0.3, -0.25) is 0 Å². The van der Waals surface area contributed by atoms with Crippen molar-refractivity contribution in [1.82, 2.24) is 0 Å². The van der Waals surface area contributed by atoms with Crippen molar-refractivity contribution in [1.29, 1.82) is 0 Å². The monoisotopic (exact) mass is 315 g/mol. The van der Waals surface area contributed by atoms with Crippen molar-refractivity contribution in [3.05, 3.63) is 67.1 Å². The number of hydrogen-bond donors (Lipinski definition) is 1. The Labute approximate surface area is 133 Å². The average molecular weight is 315 g/mol. The first-order valence-electron chi connectivity index (χ1n) is 7.23. The molecule has 1 fully saturated rings. The lowest BCUT2D eigenvalue weighted by Crippen LogP contribution is -2.33. The number of aliphatic hydroxyl groups is 1. The van der Waals surface area contributed by atoms with Gasteiger partial charge < -0.3 is 14.6 Å². The van der Waals surface area contributed by atoms with Crippen LogP contribution in [0.3, 0.4) is 0 Å². The molecule has 1 heterocycles. The number of carbonyl (C=O) groups excluding carboxylic acids is 1. The molecule has 4 atom stereocenters. The van der Waals surface area contributed by atoms with Crippen LogP contribution in [0, 0.1) is 6.92 Å². The molecule has 119 valence electrons. The minimum atomic E-state index is -1.80. The van der Waals surface area contributed by atoms with Gasteiger partial charge in [-0.15, -0.1) is 0 Å². The van der Waals surface area contributed by atoms with Gasteiger partial charge in [0.05, 0.1) is 5.56 Å². The van der Waals surface area contributed by atoms with Gasteiger partial charge in [0.2, 0.25) is 0 Å². The summed E-state index contributed by atoms with van der Waals surface area (Å²) in [5.41, 5.74) is 2.28. The molecular formula is C18H16FO4. The van der Waals surface area contributed by atoms with E-state index in [1.807, 2.05) is 30.3 Å². The Morgan fingerprint density at radius 3 is 2.26 bits per heavy atom. The Kier molecular flexibility index (Phi) is 4.41. The average Bonchev–Trinajstić information content (AvgIpc) is 2.82. The number of alkyl halides is 1. The smallest absolute Gasteiger partial charge is 0.338 e. The number of rotatable bonds is 3. The standard InChI is InChI=1S/C18H16FO4/c1-11-16(15(19)18(21)22-11)23-17(20)14-9-7-13(8-10-14)12-5-3-2-4-6-12/h2-11,15-16,18,21H,1H2/t11-,15+,16-,18?/m1/s1. The Morgan fingerprint density at radius 2 is 1.70 bits per heavy atom. The Bertz CT molecular complexity index is 671. The second-order valence-corrected chi connectivity index (χ2v) is 5.32. The van der Waals surface area contributed by atoms with E-state index in [2.05, 4.69) is 6.92 Å². The van der Waals surface area contributed by atoms with E-state index in [0.29, 0.717) is 5.56 Å². The summed E-state index contributed by atoms with van der Waals surface area (Å²) in [5, 5.41) is 9.26. The van der Waals surface area contributed by atoms with E-state index < -0.39 is 30.6 Å². The first kappa shape index (κ1) is 15.6. The fraction of sp³-hybridized carbons (Fsp3) is 0.222. The fourth-order valence-electron chi connectivity index (χ4n) is 2.46. The predicted octanol–water partition coefficient (Wildman–Crippen LogP) is 2.77. The zero-order valence-electron chi connectivity index (χ0n) is 12.3. The van der Waals surface area contributed by atoms with Gasteiger partial charge in [-0.25, -0.2) is 9.18 Å². The van der Waals surface area contributed by atoms with Crippen molar-refractivity contribution in [2.75, 3.05) is 0 Å². The Morgan fingerprint density at radius 1 is 1.09 bits per heavy atom. The van der Waals surface area contributed by atoms with Gasteiger partial charge in [0.15, 0.2) is 18.6 Å². The number of ether oxygens (including phenoxy) is 2. The third kappa shape index (κ3) is 3.25. The lowest BCUT2D eigenvalue weighted by Gasteiger charge is -2.16. The molecule has 3 rings (SSSR count). The van der Waals surface area contributed by atoms with Crippen molar-refractivity contribution >= 4 is 5.97 Å². The van der Waals surface area contributed by atoms with E-state index >= 15 is 0 Å². The Balaban J connectivity index is 1.71. The van der Waals surface area contributed by atoms with Gasteiger partial charge in [-0.05, 0) is 30.2 Å². The van der Waals surface area contributed by atoms with Crippen LogP contribution >= 0.6 is 0 Å². The van der Waals surface area contributed by atoms with Crippen LogP contribution in [0.5, 0.6) is 0 Å². The molecule has 0 bridgehead atoms. The second-order valence-electron chi connectivity index (χ2n) is 5.32. The third-order valence-corrected chi connectivity index (χ3v) is 3.74. The molecule has 1 saturated heterocycles. The largest absolute Gasteiger partial charge is 0.453 e. The zero-order valence-corrected chi connectivity index (χ0v) is 12.3. The van der Waals surface area contributed by atoms with Crippen LogP contribution in [0.1, 0.15) is 10.4 Å². The second kappa shape index (κ2) is 6.48. The lowest BCUT2D eigenvalue weighted by atomic mass is 10.0. The minimum Gasteiger partial charge on any atom is -0.453 e. The van der Waals surface area contributed by atoms with Gasteiger partial charge in [-0.2, -0.15) is 0 Å². The molecule has 1 unspecified atom stereocenters. The van der Waals surface area contributed by atoms with Crippen LogP contribution in [-0.4, -0.2) is 35.7 Å². The van der Waals surface area contributed by atoms with E-state index in [1.165, 1.54) is 0 Å². The molecule has 23 heavy (non-hydrogen) atoms. The van der Waals surface area contributed by atoms with Gasteiger partial charge in [-0.1, -0.05) is 42.5 Å². The summed E-state index contributed by atoms with van der Waals surface area (Å²) in [4.78, 5) is 12.1. The predicted molar refractivity (Wildman–Crippen MR) is 82.2 cm³/mol. The quantitative estimate of drug-likeness (QED) is 0.885. The van der Waals surface area contributed by atoms with Gasteiger partial charge in [0.25, 0.3) is 0 Å². The minimum absolute atomic E-state index is 0.297.